The van der Waals surface area contributed by atoms with E-state index in [1.807, 2.05) is 0 Å². The maximum Gasteiger partial charge on any atom is 0.107 e. The van der Waals surface area contributed by atoms with E-state index in [0.29, 0.717) is 12.0 Å². The van der Waals surface area contributed by atoms with Gasteiger partial charge in [-0.15, -0.1) is 0 Å². The average Bonchev–Trinajstić information content (AvgIpc) is 2.64. The minimum absolute atomic E-state index is 0.153. The van der Waals surface area contributed by atoms with Gasteiger partial charge in [-0.2, -0.15) is 0 Å². The van der Waals surface area contributed by atoms with E-state index in [2.05, 4.69) is 13.8 Å². The maximum atomic E-state index is 8.60. The van der Waals surface area contributed by atoms with E-state index in [0.717, 1.165) is 6.42 Å². The number of aliphatic hydroxyl groups is 1. The van der Waals surface area contributed by atoms with Crippen LogP contribution < -0.4 is 0 Å². The van der Waals surface area contributed by atoms with Gasteiger partial charge in [0.25, 0.3) is 0 Å². The standard InChI is InChI=1S/C7H14O2/c1-3-5(2)7-6(4-8)9-7/h5-8H,3-4H2,1-2H3. The predicted octanol–water partition coefficient (Wildman–Crippen LogP) is 0.792. The second-order valence-corrected chi connectivity index (χ2v) is 2.71. The first-order chi connectivity index (χ1) is 4.29. The third kappa shape index (κ3) is 1.43. The van der Waals surface area contributed by atoms with Crippen molar-refractivity contribution in [1.29, 1.82) is 0 Å². The molecule has 0 bridgehead atoms. The summed E-state index contributed by atoms with van der Waals surface area (Å²) in [5.41, 5.74) is 0. The van der Waals surface area contributed by atoms with Gasteiger partial charge >= 0.3 is 0 Å². The maximum absolute atomic E-state index is 8.60. The molecule has 1 rings (SSSR count). The number of hydrogen-bond donors (Lipinski definition) is 1. The van der Waals surface area contributed by atoms with Crippen molar-refractivity contribution in [1.82, 2.24) is 0 Å². The van der Waals surface area contributed by atoms with Gasteiger partial charge in [0.05, 0.1) is 12.7 Å². The second-order valence-electron chi connectivity index (χ2n) is 2.71. The molecule has 3 atom stereocenters. The monoisotopic (exact) mass is 130 g/mol. The fraction of sp³-hybridized carbons (Fsp3) is 1.00. The highest BCUT2D eigenvalue weighted by molar-refractivity contribution is 4.87. The van der Waals surface area contributed by atoms with Crippen LogP contribution in [0.1, 0.15) is 20.3 Å². The van der Waals surface area contributed by atoms with Gasteiger partial charge in [-0.3, -0.25) is 0 Å². The van der Waals surface area contributed by atoms with Crippen molar-refractivity contribution in [2.45, 2.75) is 32.5 Å². The first-order valence-corrected chi connectivity index (χ1v) is 3.56. The molecule has 1 saturated heterocycles. The molecule has 1 heterocycles. The highest BCUT2D eigenvalue weighted by atomic mass is 16.6. The Morgan fingerprint density at radius 3 is 2.67 bits per heavy atom. The molecule has 1 aliphatic rings. The lowest BCUT2D eigenvalue weighted by molar-refractivity contribution is 0.239. The highest BCUT2D eigenvalue weighted by Crippen LogP contribution is 2.30. The van der Waals surface area contributed by atoms with Crippen LogP contribution in [0.3, 0.4) is 0 Å². The molecule has 1 fully saturated rings. The molecule has 2 heteroatoms. The smallest absolute Gasteiger partial charge is 0.107 e. The lowest BCUT2D eigenvalue weighted by atomic mass is 10.0. The van der Waals surface area contributed by atoms with Crippen molar-refractivity contribution in [2.75, 3.05) is 6.61 Å². The Hall–Kier alpha value is -0.0800. The van der Waals surface area contributed by atoms with E-state index in [1.165, 1.54) is 0 Å². The second kappa shape index (κ2) is 2.67. The molecule has 54 valence electrons. The normalized spacial score (nSPS) is 36.3. The zero-order chi connectivity index (χ0) is 6.85. The summed E-state index contributed by atoms with van der Waals surface area (Å²) in [6.45, 7) is 4.48. The molecular weight excluding hydrogens is 116 g/mol. The van der Waals surface area contributed by atoms with E-state index in [9.17, 15) is 0 Å². The Morgan fingerprint density at radius 1 is 1.67 bits per heavy atom. The topological polar surface area (TPSA) is 32.8 Å². The molecule has 0 aliphatic carbocycles. The summed E-state index contributed by atoms with van der Waals surface area (Å²) >= 11 is 0. The van der Waals surface area contributed by atoms with Crippen LogP contribution in [0.15, 0.2) is 0 Å². The van der Waals surface area contributed by atoms with Crippen molar-refractivity contribution < 1.29 is 9.84 Å². The Bertz CT molecular complexity index is 92.9. The van der Waals surface area contributed by atoms with Crippen LogP contribution in [-0.2, 0) is 4.74 Å². The zero-order valence-electron chi connectivity index (χ0n) is 6.00. The van der Waals surface area contributed by atoms with Gasteiger partial charge in [0.2, 0.25) is 0 Å². The van der Waals surface area contributed by atoms with Crippen molar-refractivity contribution in [3.8, 4) is 0 Å². The van der Waals surface area contributed by atoms with Crippen LogP contribution in [0.4, 0.5) is 0 Å². The summed E-state index contributed by atoms with van der Waals surface area (Å²) in [6, 6.07) is 0. The molecule has 2 nitrogen and oxygen atoms in total. The fourth-order valence-corrected chi connectivity index (χ4v) is 1.04. The molecule has 0 aromatic rings. The Labute approximate surface area is 55.8 Å². The van der Waals surface area contributed by atoms with Gasteiger partial charge in [-0.05, 0) is 5.92 Å². The fourth-order valence-electron chi connectivity index (χ4n) is 1.04. The van der Waals surface area contributed by atoms with Crippen molar-refractivity contribution in [3.63, 3.8) is 0 Å². The average molecular weight is 130 g/mol. The minimum Gasteiger partial charge on any atom is -0.394 e. The molecule has 0 spiro atoms. The quantitative estimate of drug-likeness (QED) is 0.573. The van der Waals surface area contributed by atoms with Crippen molar-refractivity contribution >= 4 is 0 Å². The van der Waals surface area contributed by atoms with Crippen LogP contribution in [0, 0.1) is 5.92 Å². The third-order valence-electron chi connectivity index (χ3n) is 2.01. The van der Waals surface area contributed by atoms with Gasteiger partial charge in [0.1, 0.15) is 6.10 Å². The summed E-state index contributed by atoms with van der Waals surface area (Å²) in [5.74, 6) is 0.613. The van der Waals surface area contributed by atoms with Gasteiger partial charge in [-0.25, -0.2) is 0 Å². The largest absolute Gasteiger partial charge is 0.394 e. The molecule has 1 aliphatic heterocycles. The van der Waals surface area contributed by atoms with Crippen LogP contribution in [0.5, 0.6) is 0 Å². The van der Waals surface area contributed by atoms with E-state index < -0.39 is 0 Å². The van der Waals surface area contributed by atoms with Crippen LogP contribution in [-0.4, -0.2) is 23.9 Å². The first kappa shape index (κ1) is 7.03. The molecule has 3 unspecified atom stereocenters. The highest BCUT2D eigenvalue weighted by Gasteiger charge is 2.41. The van der Waals surface area contributed by atoms with Gasteiger partial charge in [0, 0.05) is 0 Å². The summed E-state index contributed by atoms with van der Waals surface area (Å²) in [6.07, 6.45) is 1.64. The summed E-state index contributed by atoms with van der Waals surface area (Å²) in [5, 5.41) is 8.60. The van der Waals surface area contributed by atoms with Gasteiger partial charge in [-0.1, -0.05) is 20.3 Å². The third-order valence-corrected chi connectivity index (χ3v) is 2.01. The molecule has 0 radical (unpaired) electrons. The molecule has 0 saturated carbocycles. The van der Waals surface area contributed by atoms with Crippen molar-refractivity contribution in [3.05, 3.63) is 0 Å². The van der Waals surface area contributed by atoms with E-state index in [4.69, 9.17) is 9.84 Å². The molecule has 0 aromatic carbocycles. The van der Waals surface area contributed by atoms with Crippen LogP contribution in [0.2, 0.25) is 0 Å². The zero-order valence-corrected chi connectivity index (χ0v) is 6.00. The van der Waals surface area contributed by atoms with Crippen LogP contribution in [0.25, 0.3) is 0 Å². The Kier molecular flexibility index (Phi) is 2.09. The number of aliphatic hydroxyl groups excluding tert-OH is 1. The molecule has 1 N–H and O–H groups in total. The Balaban J connectivity index is 2.17. The number of hydrogen-bond acceptors (Lipinski definition) is 2. The van der Waals surface area contributed by atoms with E-state index in [-0.39, 0.29) is 12.7 Å². The lowest BCUT2D eigenvalue weighted by Crippen LogP contribution is -2.07. The summed E-state index contributed by atoms with van der Waals surface area (Å²) in [7, 11) is 0. The van der Waals surface area contributed by atoms with Crippen molar-refractivity contribution in [2.24, 2.45) is 5.92 Å². The first-order valence-electron chi connectivity index (χ1n) is 3.56. The number of rotatable bonds is 3. The number of ether oxygens (including phenoxy) is 1. The minimum atomic E-state index is 0.153. The van der Waals surface area contributed by atoms with Gasteiger partial charge in [0.15, 0.2) is 0 Å². The van der Waals surface area contributed by atoms with E-state index in [1.54, 1.807) is 0 Å². The van der Waals surface area contributed by atoms with E-state index >= 15 is 0 Å². The molecule has 9 heavy (non-hydrogen) atoms. The summed E-state index contributed by atoms with van der Waals surface area (Å²) < 4.78 is 5.17. The molecule has 0 aromatic heterocycles. The summed E-state index contributed by atoms with van der Waals surface area (Å²) in [4.78, 5) is 0. The predicted molar refractivity (Wildman–Crippen MR) is 35.2 cm³/mol. The lowest BCUT2D eigenvalue weighted by Gasteiger charge is -2.00. The number of epoxide rings is 1. The molecular formula is C7H14O2. The molecule has 0 amide bonds. The Morgan fingerprint density at radius 2 is 2.33 bits per heavy atom. The van der Waals surface area contributed by atoms with Gasteiger partial charge < -0.3 is 9.84 Å². The van der Waals surface area contributed by atoms with Crippen LogP contribution >= 0.6 is 0 Å². The SMILES string of the molecule is CCC(C)C1OC1CO.